The van der Waals surface area contributed by atoms with Crippen LogP contribution < -0.4 is 10.2 Å². The molecule has 1 aromatic heterocycles. The molecule has 1 aromatic carbocycles. The van der Waals surface area contributed by atoms with Crippen LogP contribution in [0.15, 0.2) is 36.4 Å². The molecule has 1 aliphatic rings. The lowest BCUT2D eigenvalue weighted by molar-refractivity contribution is 0.102. The Morgan fingerprint density at radius 1 is 1.21 bits per heavy atom. The Morgan fingerprint density at radius 3 is 2.67 bits per heavy atom. The fourth-order valence-electron chi connectivity index (χ4n) is 2.73. The molecule has 1 N–H and O–H groups in total. The van der Waals surface area contributed by atoms with E-state index in [0.29, 0.717) is 11.4 Å². The number of carbonyl (C=O) groups excluding carboxylic acids is 1. The van der Waals surface area contributed by atoms with Crippen molar-refractivity contribution in [3.63, 3.8) is 0 Å². The summed E-state index contributed by atoms with van der Waals surface area (Å²) in [5, 5.41) is 11.0. The summed E-state index contributed by atoms with van der Waals surface area (Å²) < 4.78 is 11.3. The molecule has 0 bridgehead atoms. The van der Waals surface area contributed by atoms with Crippen LogP contribution in [-0.4, -0.2) is 39.7 Å². The van der Waals surface area contributed by atoms with Crippen LogP contribution in [0.1, 0.15) is 28.9 Å². The lowest BCUT2D eigenvalue weighted by Gasteiger charge is -2.15. The zero-order chi connectivity index (χ0) is 16.9. The second kappa shape index (κ2) is 7.53. The van der Waals surface area contributed by atoms with Gasteiger partial charge in [0.25, 0.3) is 5.91 Å². The van der Waals surface area contributed by atoms with Gasteiger partial charge in [0.1, 0.15) is 0 Å². The number of rotatable bonds is 5. The maximum absolute atomic E-state index is 12.3. The van der Waals surface area contributed by atoms with Gasteiger partial charge in [-0.3, -0.25) is 9.00 Å². The van der Waals surface area contributed by atoms with Crippen LogP contribution in [0.4, 0.5) is 11.5 Å². The predicted octanol–water partition coefficient (Wildman–Crippen LogP) is 2.21. The maximum Gasteiger partial charge on any atom is 0.276 e. The SMILES string of the molecule is CS(=O)Cc1cccc(NC(=O)c2ccc(N3CCCC3)nn2)c1. The van der Waals surface area contributed by atoms with Crippen molar-refractivity contribution < 1.29 is 9.00 Å². The first-order valence-electron chi connectivity index (χ1n) is 7.91. The smallest absolute Gasteiger partial charge is 0.276 e. The first kappa shape index (κ1) is 16.6. The van der Waals surface area contributed by atoms with Crippen LogP contribution >= 0.6 is 0 Å². The van der Waals surface area contributed by atoms with Gasteiger partial charge in [0.15, 0.2) is 11.5 Å². The molecule has 1 fully saturated rings. The Labute approximate surface area is 143 Å². The first-order valence-corrected chi connectivity index (χ1v) is 9.63. The van der Waals surface area contributed by atoms with Gasteiger partial charge in [0, 0.05) is 41.6 Å². The van der Waals surface area contributed by atoms with Crippen molar-refractivity contribution in [2.75, 3.05) is 29.6 Å². The molecule has 0 saturated carbocycles. The molecular formula is C17H20N4O2S. The Morgan fingerprint density at radius 2 is 2.00 bits per heavy atom. The van der Waals surface area contributed by atoms with Gasteiger partial charge in [0.2, 0.25) is 0 Å². The van der Waals surface area contributed by atoms with E-state index in [1.807, 2.05) is 24.3 Å². The molecule has 7 heteroatoms. The highest BCUT2D eigenvalue weighted by Crippen LogP contribution is 2.17. The number of anilines is 2. The summed E-state index contributed by atoms with van der Waals surface area (Å²) in [7, 11) is -0.917. The van der Waals surface area contributed by atoms with Gasteiger partial charge in [-0.15, -0.1) is 10.2 Å². The van der Waals surface area contributed by atoms with E-state index in [-0.39, 0.29) is 11.6 Å². The van der Waals surface area contributed by atoms with Crippen molar-refractivity contribution in [3.8, 4) is 0 Å². The summed E-state index contributed by atoms with van der Waals surface area (Å²) in [5.41, 5.74) is 1.86. The molecule has 6 nitrogen and oxygen atoms in total. The summed E-state index contributed by atoms with van der Waals surface area (Å²) >= 11 is 0. The molecule has 24 heavy (non-hydrogen) atoms. The summed E-state index contributed by atoms with van der Waals surface area (Å²) in [6, 6.07) is 10.9. The van der Waals surface area contributed by atoms with Crippen LogP contribution in [-0.2, 0) is 16.6 Å². The van der Waals surface area contributed by atoms with Gasteiger partial charge in [0.05, 0.1) is 0 Å². The van der Waals surface area contributed by atoms with Crippen molar-refractivity contribution in [1.82, 2.24) is 10.2 Å². The third kappa shape index (κ3) is 4.17. The van der Waals surface area contributed by atoms with Crippen LogP contribution in [0.2, 0.25) is 0 Å². The van der Waals surface area contributed by atoms with E-state index in [9.17, 15) is 9.00 Å². The standard InChI is InChI=1S/C17H20N4O2S/c1-24(23)12-13-5-4-6-14(11-13)18-17(22)15-7-8-16(20-19-15)21-9-2-3-10-21/h4-8,11H,2-3,9-10,12H2,1H3,(H,18,22). The van der Waals surface area contributed by atoms with Crippen molar-refractivity contribution in [1.29, 1.82) is 0 Å². The topological polar surface area (TPSA) is 75.2 Å². The number of amides is 1. The molecule has 126 valence electrons. The normalized spacial score (nSPS) is 15.3. The van der Waals surface area contributed by atoms with E-state index in [1.165, 1.54) is 12.8 Å². The summed E-state index contributed by atoms with van der Waals surface area (Å²) in [4.78, 5) is 14.5. The van der Waals surface area contributed by atoms with Crippen LogP contribution in [0.3, 0.4) is 0 Å². The highest BCUT2D eigenvalue weighted by Gasteiger charge is 2.15. The third-order valence-electron chi connectivity index (χ3n) is 3.87. The molecule has 0 spiro atoms. The molecule has 0 radical (unpaired) electrons. The molecule has 2 aromatic rings. The first-order chi connectivity index (χ1) is 11.6. The van der Waals surface area contributed by atoms with Crippen molar-refractivity contribution >= 4 is 28.2 Å². The number of nitrogens with one attached hydrogen (secondary N) is 1. The second-order valence-electron chi connectivity index (χ2n) is 5.84. The lowest BCUT2D eigenvalue weighted by atomic mass is 10.2. The number of carbonyl (C=O) groups is 1. The quantitative estimate of drug-likeness (QED) is 0.900. The molecule has 1 amide bonds. The second-order valence-corrected chi connectivity index (χ2v) is 7.28. The van der Waals surface area contributed by atoms with E-state index in [0.717, 1.165) is 24.5 Å². The molecular weight excluding hydrogens is 324 g/mol. The highest BCUT2D eigenvalue weighted by atomic mass is 32.2. The van der Waals surface area contributed by atoms with Crippen molar-refractivity contribution in [3.05, 3.63) is 47.7 Å². The monoisotopic (exact) mass is 344 g/mol. The van der Waals surface area contributed by atoms with Crippen LogP contribution in [0.25, 0.3) is 0 Å². The minimum Gasteiger partial charge on any atom is -0.355 e. The summed E-state index contributed by atoms with van der Waals surface area (Å²) in [5.74, 6) is 0.982. The van der Waals surface area contributed by atoms with E-state index in [1.54, 1.807) is 18.4 Å². The zero-order valence-corrected chi connectivity index (χ0v) is 14.4. The van der Waals surface area contributed by atoms with Gasteiger partial charge >= 0.3 is 0 Å². The fraction of sp³-hybridized carbons (Fsp3) is 0.353. The number of hydrogen-bond donors (Lipinski definition) is 1. The Kier molecular flexibility index (Phi) is 5.20. The molecule has 1 atom stereocenters. The van der Waals surface area contributed by atoms with E-state index >= 15 is 0 Å². The summed E-state index contributed by atoms with van der Waals surface area (Å²) in [6.45, 7) is 1.98. The zero-order valence-electron chi connectivity index (χ0n) is 13.6. The fourth-order valence-corrected chi connectivity index (χ4v) is 3.38. The van der Waals surface area contributed by atoms with Gasteiger partial charge in [-0.05, 0) is 42.7 Å². The summed E-state index contributed by atoms with van der Waals surface area (Å²) in [6.07, 6.45) is 3.99. The maximum atomic E-state index is 12.3. The van der Waals surface area contributed by atoms with Crippen LogP contribution in [0.5, 0.6) is 0 Å². The average molecular weight is 344 g/mol. The molecule has 2 heterocycles. The van der Waals surface area contributed by atoms with Gasteiger partial charge in [-0.25, -0.2) is 0 Å². The predicted molar refractivity (Wildman–Crippen MR) is 95.6 cm³/mol. The number of benzene rings is 1. The van der Waals surface area contributed by atoms with Gasteiger partial charge in [-0.1, -0.05) is 12.1 Å². The number of hydrogen-bond acceptors (Lipinski definition) is 5. The van der Waals surface area contributed by atoms with E-state index in [2.05, 4.69) is 20.4 Å². The molecule has 1 saturated heterocycles. The Balaban J connectivity index is 1.67. The van der Waals surface area contributed by atoms with Crippen molar-refractivity contribution in [2.24, 2.45) is 0 Å². The number of nitrogens with zero attached hydrogens (tertiary/aromatic N) is 3. The molecule has 3 rings (SSSR count). The largest absolute Gasteiger partial charge is 0.355 e. The van der Waals surface area contributed by atoms with Gasteiger partial charge in [-0.2, -0.15) is 0 Å². The minimum absolute atomic E-state index is 0.280. The Bertz CT molecular complexity index is 743. The van der Waals surface area contributed by atoms with Crippen molar-refractivity contribution in [2.45, 2.75) is 18.6 Å². The molecule has 0 aliphatic carbocycles. The highest BCUT2D eigenvalue weighted by molar-refractivity contribution is 7.83. The van der Waals surface area contributed by atoms with E-state index in [4.69, 9.17) is 0 Å². The number of aromatic nitrogens is 2. The van der Waals surface area contributed by atoms with Crippen LogP contribution in [0, 0.1) is 0 Å². The molecule has 1 aliphatic heterocycles. The van der Waals surface area contributed by atoms with E-state index < -0.39 is 10.8 Å². The Hall–Kier alpha value is -2.28. The molecule has 1 unspecified atom stereocenters. The minimum atomic E-state index is -0.917. The third-order valence-corrected chi connectivity index (χ3v) is 4.61. The average Bonchev–Trinajstić information content (AvgIpc) is 3.09. The lowest BCUT2D eigenvalue weighted by Crippen LogP contribution is -2.21. The van der Waals surface area contributed by atoms with Gasteiger partial charge < -0.3 is 10.2 Å².